The highest BCUT2D eigenvalue weighted by Crippen LogP contribution is 2.63. The first-order valence-corrected chi connectivity index (χ1v) is 10.2. The van der Waals surface area contributed by atoms with Gasteiger partial charge in [-0.1, -0.05) is 25.1 Å². The van der Waals surface area contributed by atoms with E-state index in [0.717, 1.165) is 30.7 Å². The van der Waals surface area contributed by atoms with Crippen LogP contribution in [0.4, 0.5) is 0 Å². The monoisotopic (exact) mass is 372 g/mol. The predicted octanol–water partition coefficient (Wildman–Crippen LogP) is 3.47. The van der Waals surface area contributed by atoms with Crippen molar-refractivity contribution in [3.63, 3.8) is 0 Å². The van der Waals surface area contributed by atoms with Crippen molar-refractivity contribution in [3.05, 3.63) is 23.3 Å². The van der Waals surface area contributed by atoms with Crippen molar-refractivity contribution in [2.24, 2.45) is 33.7 Å². The molecule has 27 heavy (non-hydrogen) atoms. The summed E-state index contributed by atoms with van der Waals surface area (Å²) in [4.78, 5) is 5.16. The maximum absolute atomic E-state index is 10.5. The summed E-state index contributed by atoms with van der Waals surface area (Å²) in [6, 6.07) is 0. The Kier molecular flexibility index (Phi) is 4.39. The van der Waals surface area contributed by atoms with Gasteiger partial charge in [0.15, 0.2) is 0 Å². The lowest BCUT2D eigenvalue weighted by Gasteiger charge is -2.56. The summed E-state index contributed by atoms with van der Waals surface area (Å²) < 4.78 is 0. The SMILES string of the molecule is CON=C1C=C2C3=CCC(C(C)=N)C3(C)CCC2C2(C)CC(O)C(O)CC12. The molecule has 0 radical (unpaired) electrons. The highest BCUT2D eigenvalue weighted by Gasteiger charge is 2.58. The average Bonchev–Trinajstić information content (AvgIpc) is 2.95. The van der Waals surface area contributed by atoms with Gasteiger partial charge in [-0.3, -0.25) is 0 Å². The number of aliphatic hydroxyl groups excluding tert-OH is 2. The van der Waals surface area contributed by atoms with Gasteiger partial charge in [0.05, 0.1) is 17.9 Å². The van der Waals surface area contributed by atoms with Crippen LogP contribution in [0.25, 0.3) is 0 Å². The molecule has 0 aromatic rings. The largest absolute Gasteiger partial charge is 0.399 e. The van der Waals surface area contributed by atoms with E-state index in [1.807, 2.05) is 6.92 Å². The second-order valence-electron chi connectivity index (χ2n) is 9.53. The molecule has 0 amide bonds. The number of oxime groups is 1. The van der Waals surface area contributed by atoms with Crippen molar-refractivity contribution in [2.75, 3.05) is 7.11 Å². The predicted molar refractivity (Wildman–Crippen MR) is 106 cm³/mol. The summed E-state index contributed by atoms with van der Waals surface area (Å²) in [5.41, 5.74) is 4.23. The van der Waals surface area contributed by atoms with Crippen molar-refractivity contribution >= 4 is 11.4 Å². The fourth-order valence-electron chi connectivity index (χ4n) is 6.67. The lowest BCUT2D eigenvalue weighted by molar-refractivity contribution is -0.0831. The lowest BCUT2D eigenvalue weighted by Crippen LogP contribution is -2.55. The summed E-state index contributed by atoms with van der Waals surface area (Å²) >= 11 is 0. The molecule has 3 N–H and O–H groups in total. The zero-order valence-electron chi connectivity index (χ0n) is 16.8. The molecule has 0 bridgehead atoms. The molecule has 7 atom stereocenters. The Morgan fingerprint density at radius 1 is 1.26 bits per heavy atom. The maximum atomic E-state index is 10.5. The van der Waals surface area contributed by atoms with Crippen LogP contribution in [0, 0.1) is 34.0 Å². The number of hydrogen-bond donors (Lipinski definition) is 3. The van der Waals surface area contributed by atoms with E-state index in [-0.39, 0.29) is 22.7 Å². The Balaban J connectivity index is 1.81. The van der Waals surface area contributed by atoms with Gasteiger partial charge in [0.2, 0.25) is 0 Å². The molecule has 4 aliphatic carbocycles. The fourth-order valence-corrected chi connectivity index (χ4v) is 6.67. The Morgan fingerprint density at radius 3 is 2.67 bits per heavy atom. The molecular weight excluding hydrogens is 340 g/mol. The van der Waals surface area contributed by atoms with E-state index in [1.165, 1.54) is 11.1 Å². The number of fused-ring (bicyclic) bond motifs is 5. The molecule has 0 aliphatic heterocycles. The summed E-state index contributed by atoms with van der Waals surface area (Å²) in [7, 11) is 1.57. The molecule has 5 heteroatoms. The second kappa shape index (κ2) is 6.28. The molecule has 4 rings (SSSR count). The van der Waals surface area contributed by atoms with Gasteiger partial charge in [0.25, 0.3) is 0 Å². The zero-order chi connectivity index (χ0) is 19.6. The highest BCUT2D eigenvalue weighted by atomic mass is 16.6. The van der Waals surface area contributed by atoms with E-state index >= 15 is 0 Å². The molecule has 7 unspecified atom stereocenters. The Morgan fingerprint density at radius 2 is 2.00 bits per heavy atom. The van der Waals surface area contributed by atoms with E-state index in [2.05, 4.69) is 31.2 Å². The molecule has 0 spiro atoms. The molecule has 5 nitrogen and oxygen atoms in total. The molecule has 4 aliphatic rings. The van der Waals surface area contributed by atoms with Gasteiger partial charge in [-0.2, -0.15) is 0 Å². The van der Waals surface area contributed by atoms with Gasteiger partial charge in [-0.25, -0.2) is 0 Å². The van der Waals surface area contributed by atoms with Crippen molar-refractivity contribution in [2.45, 2.75) is 65.1 Å². The Bertz CT molecular complexity index is 755. The average molecular weight is 373 g/mol. The number of nitrogens with zero attached hydrogens (tertiary/aromatic N) is 1. The molecule has 148 valence electrons. The van der Waals surface area contributed by atoms with Crippen LogP contribution >= 0.6 is 0 Å². The van der Waals surface area contributed by atoms with Crippen LogP contribution in [-0.2, 0) is 4.84 Å². The minimum atomic E-state index is -0.704. The second-order valence-corrected chi connectivity index (χ2v) is 9.53. The third-order valence-electron chi connectivity index (χ3n) is 8.12. The highest BCUT2D eigenvalue weighted by molar-refractivity contribution is 6.00. The third-order valence-corrected chi connectivity index (χ3v) is 8.12. The van der Waals surface area contributed by atoms with Gasteiger partial charge >= 0.3 is 0 Å². The summed E-state index contributed by atoms with van der Waals surface area (Å²) in [5.74, 6) is 0.724. The van der Waals surface area contributed by atoms with Crippen molar-refractivity contribution in [3.8, 4) is 0 Å². The van der Waals surface area contributed by atoms with Crippen LogP contribution in [-0.4, -0.2) is 41.0 Å². The molecule has 2 fully saturated rings. The number of rotatable bonds is 2. The summed E-state index contributed by atoms with van der Waals surface area (Å²) in [5, 5.41) is 33.3. The van der Waals surface area contributed by atoms with Crippen LogP contribution in [0.2, 0.25) is 0 Å². The topological polar surface area (TPSA) is 85.9 Å². The zero-order valence-corrected chi connectivity index (χ0v) is 16.8. The van der Waals surface area contributed by atoms with Crippen LogP contribution in [0.15, 0.2) is 28.5 Å². The van der Waals surface area contributed by atoms with Gasteiger partial charge in [-0.05, 0) is 67.6 Å². The lowest BCUT2D eigenvalue weighted by atomic mass is 9.48. The molecule has 0 heterocycles. The quantitative estimate of drug-likeness (QED) is 0.512. The van der Waals surface area contributed by atoms with Gasteiger partial charge in [0.1, 0.15) is 7.11 Å². The minimum Gasteiger partial charge on any atom is -0.399 e. The molecular formula is C22H32N2O3. The Labute approximate surface area is 161 Å². The Hall–Kier alpha value is -1.46. The first-order chi connectivity index (χ1) is 12.7. The van der Waals surface area contributed by atoms with E-state index in [1.54, 1.807) is 7.11 Å². The number of hydrogen-bond acceptors (Lipinski definition) is 5. The molecule has 0 saturated heterocycles. The van der Waals surface area contributed by atoms with E-state index in [0.29, 0.717) is 18.8 Å². The number of allylic oxidation sites excluding steroid dienone is 4. The van der Waals surface area contributed by atoms with Crippen LogP contribution in [0.5, 0.6) is 0 Å². The van der Waals surface area contributed by atoms with Gasteiger partial charge < -0.3 is 20.5 Å². The summed E-state index contributed by atoms with van der Waals surface area (Å²) in [6.07, 6.45) is 7.31. The van der Waals surface area contributed by atoms with E-state index in [4.69, 9.17) is 10.2 Å². The standard InChI is InChI=1S/C22H32N2O3/c1-12(23)14-5-6-15-13-9-18(24-27-4)17-10-19(25)20(26)11-22(17,3)16(13)7-8-21(14,15)2/h6,9,14,16-17,19-20,23,25-26H,5,7-8,10-11H2,1-4H3. The molecule has 0 aromatic heterocycles. The smallest absolute Gasteiger partial charge is 0.106 e. The van der Waals surface area contributed by atoms with Crippen LogP contribution in [0.3, 0.4) is 0 Å². The van der Waals surface area contributed by atoms with Crippen LogP contribution in [0.1, 0.15) is 52.9 Å². The maximum Gasteiger partial charge on any atom is 0.106 e. The van der Waals surface area contributed by atoms with Crippen LogP contribution < -0.4 is 0 Å². The van der Waals surface area contributed by atoms with Crippen molar-refractivity contribution in [1.29, 1.82) is 5.41 Å². The normalized spacial score (nSPS) is 47.5. The van der Waals surface area contributed by atoms with Crippen molar-refractivity contribution < 1.29 is 15.1 Å². The fraction of sp³-hybridized carbons (Fsp3) is 0.727. The van der Waals surface area contributed by atoms with Crippen molar-refractivity contribution in [1.82, 2.24) is 0 Å². The first-order valence-electron chi connectivity index (χ1n) is 10.2. The number of nitrogens with one attached hydrogen (secondary N) is 1. The van der Waals surface area contributed by atoms with Gasteiger partial charge in [0, 0.05) is 23.0 Å². The van der Waals surface area contributed by atoms with E-state index in [9.17, 15) is 10.2 Å². The third kappa shape index (κ3) is 2.58. The molecule has 2 saturated carbocycles. The number of aliphatic hydroxyl groups is 2. The summed E-state index contributed by atoms with van der Waals surface area (Å²) in [6.45, 7) is 6.50. The first kappa shape index (κ1) is 18.9. The van der Waals surface area contributed by atoms with E-state index < -0.39 is 12.2 Å². The minimum absolute atomic E-state index is 0.0162. The molecule has 0 aromatic carbocycles. The van der Waals surface area contributed by atoms with Gasteiger partial charge in [-0.15, -0.1) is 0 Å².